The van der Waals surface area contributed by atoms with Crippen LogP contribution in [0.25, 0.3) is 11.1 Å². The summed E-state index contributed by atoms with van der Waals surface area (Å²) in [4.78, 5) is 20.8. The van der Waals surface area contributed by atoms with Crippen LogP contribution in [0.1, 0.15) is 26.2 Å². The summed E-state index contributed by atoms with van der Waals surface area (Å²) >= 11 is 0. The summed E-state index contributed by atoms with van der Waals surface area (Å²) in [6, 6.07) is 11.7. The number of likely N-dealkylation sites (tertiary alicyclic amines) is 1. The van der Waals surface area contributed by atoms with Crippen LogP contribution in [0.15, 0.2) is 48.8 Å². The maximum Gasteiger partial charge on any atom is 0.414 e. The minimum atomic E-state index is -1.82. The van der Waals surface area contributed by atoms with Crippen molar-refractivity contribution >= 4 is 11.9 Å². The number of rotatable bonds is 6. The van der Waals surface area contributed by atoms with Crippen LogP contribution in [-0.4, -0.2) is 53.3 Å². The van der Waals surface area contributed by atoms with E-state index < -0.39 is 11.9 Å². The number of hydrogen-bond acceptors (Lipinski definition) is 5. The van der Waals surface area contributed by atoms with Gasteiger partial charge in [0.05, 0.1) is 6.61 Å². The lowest BCUT2D eigenvalue weighted by Gasteiger charge is -2.30. The number of benzene rings is 1. The first-order chi connectivity index (χ1) is 14.3. The van der Waals surface area contributed by atoms with Crippen molar-refractivity contribution in [2.45, 2.75) is 26.2 Å². The Kier molecular flexibility index (Phi) is 9.08. The molecule has 8 nitrogen and oxygen atoms in total. The quantitative estimate of drug-likeness (QED) is 0.322. The van der Waals surface area contributed by atoms with Gasteiger partial charge < -0.3 is 25.1 Å². The highest BCUT2D eigenvalue weighted by molar-refractivity contribution is 6.27. The van der Waals surface area contributed by atoms with E-state index in [1.807, 2.05) is 36.4 Å². The summed E-state index contributed by atoms with van der Waals surface area (Å²) in [5.41, 5.74) is 2.12. The predicted molar refractivity (Wildman–Crippen MR) is 111 cm³/mol. The number of nitrogens with zero attached hydrogens (tertiary/aromatic N) is 2. The maximum absolute atomic E-state index is 11.1. The third-order valence-corrected chi connectivity index (χ3v) is 4.80. The lowest BCUT2D eigenvalue weighted by Crippen LogP contribution is -2.35. The Morgan fingerprint density at radius 3 is 2.27 bits per heavy atom. The molecule has 3 rings (SSSR count). The lowest BCUT2D eigenvalue weighted by molar-refractivity contribution is -0.605. The lowest BCUT2D eigenvalue weighted by atomic mass is 10.0. The Morgan fingerprint density at radius 2 is 1.70 bits per heavy atom. The molecule has 1 aromatic heterocycles. The molecule has 2 heterocycles. The number of ether oxygens (including phenoxy) is 1. The molecule has 0 saturated carbocycles. The summed E-state index contributed by atoms with van der Waals surface area (Å²) in [5, 5.41) is 25.9. The highest BCUT2D eigenvalue weighted by Gasteiger charge is 2.15. The molecule has 0 radical (unpaired) electrons. The van der Waals surface area contributed by atoms with Crippen LogP contribution in [0, 0.1) is 11.1 Å². The van der Waals surface area contributed by atoms with Gasteiger partial charge in [-0.3, -0.25) is 0 Å². The largest absolute Gasteiger partial charge is 0.619 e. The molecule has 0 unspecified atom stereocenters. The van der Waals surface area contributed by atoms with Gasteiger partial charge in [-0.25, -0.2) is 9.59 Å². The fraction of sp³-hybridized carbons (Fsp3) is 0.409. The van der Waals surface area contributed by atoms with Gasteiger partial charge in [0.25, 0.3) is 0 Å². The molecule has 2 aromatic rings. The average Bonchev–Trinajstić information content (AvgIpc) is 2.73. The molecule has 2 N–H and O–H groups in total. The van der Waals surface area contributed by atoms with Crippen molar-refractivity contribution in [2.24, 2.45) is 5.92 Å². The highest BCUT2D eigenvalue weighted by Crippen LogP contribution is 2.21. The Hall–Kier alpha value is -3.13. The van der Waals surface area contributed by atoms with Crippen LogP contribution >= 0.6 is 0 Å². The number of carboxylic acids is 2. The first-order valence-corrected chi connectivity index (χ1v) is 9.96. The van der Waals surface area contributed by atoms with Gasteiger partial charge >= 0.3 is 11.9 Å². The monoisotopic (exact) mass is 416 g/mol. The maximum atomic E-state index is 11.1. The van der Waals surface area contributed by atoms with Gasteiger partial charge in [-0.05, 0) is 55.0 Å². The predicted octanol–water partition coefficient (Wildman–Crippen LogP) is 2.64. The first-order valence-electron chi connectivity index (χ1n) is 9.96. The zero-order valence-electron chi connectivity index (χ0n) is 17.1. The van der Waals surface area contributed by atoms with Crippen LogP contribution in [0.5, 0.6) is 5.75 Å². The molecular weight excluding hydrogens is 388 g/mol. The van der Waals surface area contributed by atoms with Crippen LogP contribution in [0.4, 0.5) is 0 Å². The standard InChI is InChI=1S/C20H26N2O2.C2H2O4/c1-17-4-2-11-21(16-17)12-3-15-24-20-7-5-18(6-8-20)19-9-13-22(23)14-10-19;3-1(4)2(5)6/h5-10,13-14,17H,2-4,11-12,15-16H2,1H3;(H,3,4)(H,5,6)/t17-;/m0./s1. The van der Waals surface area contributed by atoms with E-state index >= 15 is 0 Å². The van der Waals surface area contributed by atoms with E-state index in [2.05, 4.69) is 11.8 Å². The summed E-state index contributed by atoms with van der Waals surface area (Å²) in [6.45, 7) is 6.69. The Morgan fingerprint density at radius 1 is 1.10 bits per heavy atom. The topological polar surface area (TPSA) is 114 Å². The third-order valence-electron chi connectivity index (χ3n) is 4.80. The molecule has 1 aliphatic heterocycles. The number of piperidine rings is 1. The summed E-state index contributed by atoms with van der Waals surface area (Å²) < 4.78 is 6.65. The number of hydrogen-bond donors (Lipinski definition) is 2. The van der Waals surface area contributed by atoms with E-state index in [9.17, 15) is 5.21 Å². The number of pyridine rings is 1. The summed E-state index contributed by atoms with van der Waals surface area (Å²) in [6.07, 6.45) is 6.80. The van der Waals surface area contributed by atoms with Crippen molar-refractivity contribution in [3.05, 3.63) is 54.0 Å². The normalized spacial score (nSPS) is 16.2. The molecule has 1 aromatic carbocycles. The van der Waals surface area contributed by atoms with Gasteiger partial charge in [0, 0.05) is 25.2 Å². The molecule has 1 fully saturated rings. The molecular formula is C22H28N2O6. The highest BCUT2D eigenvalue weighted by atomic mass is 16.5. The molecule has 0 amide bonds. The van der Waals surface area contributed by atoms with Crippen molar-refractivity contribution in [3.8, 4) is 16.9 Å². The minimum Gasteiger partial charge on any atom is -0.619 e. The van der Waals surface area contributed by atoms with Crippen molar-refractivity contribution in [2.75, 3.05) is 26.2 Å². The van der Waals surface area contributed by atoms with Crippen molar-refractivity contribution < 1.29 is 29.3 Å². The average molecular weight is 416 g/mol. The van der Waals surface area contributed by atoms with E-state index in [0.717, 1.165) is 47.1 Å². The van der Waals surface area contributed by atoms with Gasteiger partial charge in [-0.15, -0.1) is 0 Å². The smallest absolute Gasteiger partial charge is 0.414 e. The zero-order chi connectivity index (χ0) is 21.9. The fourth-order valence-corrected chi connectivity index (χ4v) is 3.32. The second-order valence-electron chi connectivity index (χ2n) is 7.33. The molecule has 30 heavy (non-hydrogen) atoms. The molecule has 0 aliphatic carbocycles. The van der Waals surface area contributed by atoms with Gasteiger partial charge in [0.15, 0.2) is 12.4 Å². The van der Waals surface area contributed by atoms with Crippen LogP contribution in [0.3, 0.4) is 0 Å². The number of aromatic nitrogens is 1. The summed E-state index contributed by atoms with van der Waals surface area (Å²) in [7, 11) is 0. The zero-order valence-corrected chi connectivity index (χ0v) is 17.1. The molecule has 1 saturated heterocycles. The number of carboxylic acid groups (broad SMARTS) is 2. The van der Waals surface area contributed by atoms with E-state index in [-0.39, 0.29) is 0 Å². The summed E-state index contributed by atoms with van der Waals surface area (Å²) in [5.74, 6) is -1.91. The second kappa shape index (κ2) is 11.8. The van der Waals surface area contributed by atoms with E-state index in [4.69, 9.17) is 24.5 Å². The van der Waals surface area contributed by atoms with Crippen molar-refractivity contribution in [1.29, 1.82) is 0 Å². The Bertz CT molecular complexity index is 795. The molecule has 8 heteroatoms. The third kappa shape index (κ3) is 8.08. The van der Waals surface area contributed by atoms with Gasteiger partial charge in [-0.2, -0.15) is 4.73 Å². The van der Waals surface area contributed by atoms with Crippen LogP contribution in [-0.2, 0) is 9.59 Å². The Labute approximate surface area is 175 Å². The first kappa shape index (κ1) is 23.2. The fourth-order valence-electron chi connectivity index (χ4n) is 3.32. The molecule has 0 spiro atoms. The van der Waals surface area contributed by atoms with E-state index in [0.29, 0.717) is 0 Å². The molecule has 162 valence electrons. The number of carbonyl (C=O) groups is 2. The van der Waals surface area contributed by atoms with Gasteiger partial charge in [-0.1, -0.05) is 19.1 Å². The molecule has 0 bridgehead atoms. The Balaban J connectivity index is 0.000000469. The van der Waals surface area contributed by atoms with E-state index in [1.165, 1.54) is 38.3 Å². The van der Waals surface area contributed by atoms with Crippen LogP contribution in [0.2, 0.25) is 0 Å². The molecule has 1 aliphatic rings. The van der Waals surface area contributed by atoms with Gasteiger partial charge in [0.2, 0.25) is 0 Å². The second-order valence-corrected chi connectivity index (χ2v) is 7.33. The number of aliphatic carboxylic acids is 2. The van der Waals surface area contributed by atoms with Crippen molar-refractivity contribution in [3.63, 3.8) is 0 Å². The molecule has 1 atom stereocenters. The minimum absolute atomic E-state index is 0.756. The van der Waals surface area contributed by atoms with Crippen molar-refractivity contribution in [1.82, 2.24) is 4.90 Å². The van der Waals surface area contributed by atoms with Gasteiger partial charge in [0.1, 0.15) is 5.75 Å². The SMILES string of the molecule is C[C@H]1CCCN(CCCOc2ccc(-c3cc[n+]([O-])cc3)cc2)C1.O=C(O)C(=O)O. The van der Waals surface area contributed by atoms with Crippen LogP contribution < -0.4 is 9.47 Å². The van der Waals surface area contributed by atoms with E-state index in [1.54, 1.807) is 0 Å².